The van der Waals surface area contributed by atoms with E-state index in [9.17, 15) is 19.2 Å². The van der Waals surface area contributed by atoms with E-state index in [1.807, 2.05) is 29.2 Å². The minimum absolute atomic E-state index is 0. The number of nitrogens with one attached hydrogen (secondary N) is 5. The van der Waals surface area contributed by atoms with Crippen LogP contribution in [0.1, 0.15) is 31.4 Å². The Bertz CT molecular complexity index is 804. The minimum Gasteiger partial charge on any atom is -0.380 e. The second-order valence-corrected chi connectivity index (χ2v) is 8.76. The zero-order valence-electron chi connectivity index (χ0n) is 21.8. The Kier molecular flexibility index (Phi) is 23.2. The Labute approximate surface area is 285 Å². The van der Waals surface area contributed by atoms with Gasteiger partial charge < -0.3 is 50.0 Å². The van der Waals surface area contributed by atoms with Gasteiger partial charge in [0.25, 0.3) is 0 Å². The van der Waals surface area contributed by atoms with E-state index in [1.54, 1.807) is 7.05 Å². The largest absolute Gasteiger partial charge is 0.380 e. The second kappa shape index (κ2) is 22.2. The number of benzene rings is 1. The van der Waals surface area contributed by atoms with E-state index in [1.165, 1.54) is 0 Å². The van der Waals surface area contributed by atoms with Gasteiger partial charge in [-0.05, 0) is 30.5 Å². The van der Waals surface area contributed by atoms with Crippen LogP contribution in [0.5, 0.6) is 0 Å². The first-order valence-corrected chi connectivity index (χ1v) is 11.8. The van der Waals surface area contributed by atoms with Gasteiger partial charge in [-0.25, -0.2) is 0 Å². The van der Waals surface area contributed by atoms with Crippen molar-refractivity contribution in [2.45, 2.75) is 39.4 Å². The Hall–Kier alpha value is -0.591. The van der Waals surface area contributed by atoms with E-state index in [0.29, 0.717) is 45.2 Å². The summed E-state index contributed by atoms with van der Waals surface area (Å²) in [5, 5.41) is 14.1. The Balaban J connectivity index is 0. The Morgan fingerprint density at radius 3 is 1.68 bits per heavy atom. The second-order valence-electron chi connectivity index (χ2n) is 8.76. The van der Waals surface area contributed by atoms with E-state index < -0.39 is 0 Å². The fourth-order valence-electron chi connectivity index (χ4n) is 3.35. The molecule has 0 unspecified atom stereocenters. The van der Waals surface area contributed by atoms with Crippen molar-refractivity contribution in [3.05, 3.63) is 49.2 Å². The predicted molar refractivity (Wildman–Crippen MR) is 136 cm³/mol. The minimum atomic E-state index is -0.388. The molecule has 0 aliphatic heterocycles. The molecule has 1 aromatic carbocycles. The number of hydrogen-bond donors (Lipinski definition) is 5. The summed E-state index contributed by atoms with van der Waals surface area (Å²) in [6, 6.07) is 7.46. The molecule has 0 fully saturated rings. The van der Waals surface area contributed by atoms with Crippen LogP contribution in [0.4, 0.5) is 0 Å². The molecular formula is C25H40Gd2N6O4-2. The van der Waals surface area contributed by atoms with Crippen LogP contribution in [0.2, 0.25) is 0 Å². The molecule has 10 nitrogen and oxygen atoms in total. The molecule has 0 aromatic heterocycles. The van der Waals surface area contributed by atoms with Crippen molar-refractivity contribution in [2.75, 3.05) is 39.8 Å². The maximum Gasteiger partial charge on any atom is 0.237 e. The average molecular weight is 803 g/mol. The molecule has 0 bridgehead atoms. The summed E-state index contributed by atoms with van der Waals surface area (Å²) in [7, 11) is 1.79. The van der Waals surface area contributed by atoms with E-state index in [2.05, 4.69) is 54.3 Å². The molecule has 0 spiro atoms. The van der Waals surface area contributed by atoms with Gasteiger partial charge in [-0.3, -0.25) is 14.5 Å². The van der Waals surface area contributed by atoms with Crippen molar-refractivity contribution in [3.63, 3.8) is 0 Å². The standard InChI is InChI=1S/C25H40N6O4.2Gd/c1-18(2)14-23(26-5)25(35)30-16-22-8-6-21(7-9-22)15-29-24(34)17-31(12-10-27-19(3)32)13-11-28-20(4)33;;/h6-9,18,23,26H,3-4,10-17H2,1-2,5H3,(H,27,32)(H,28,33)(H,29,34)(H,30,35);;/q-2;;/t23-;;/m0../s1. The number of carbonyl (C=O) groups excluding carboxylic acids is 4. The summed E-state index contributed by atoms with van der Waals surface area (Å²) in [6.45, 7) is 13.2. The quantitative estimate of drug-likeness (QED) is 0.147. The first-order chi connectivity index (χ1) is 16.6. The van der Waals surface area contributed by atoms with Gasteiger partial charge in [0.15, 0.2) is 0 Å². The molecule has 5 N–H and O–H groups in total. The average Bonchev–Trinajstić information content (AvgIpc) is 2.79. The van der Waals surface area contributed by atoms with Crippen molar-refractivity contribution in [1.82, 2.24) is 31.5 Å². The molecule has 4 amide bonds. The van der Waals surface area contributed by atoms with E-state index in [-0.39, 0.29) is 116 Å². The molecule has 0 aliphatic carbocycles. The number of likely N-dealkylation sites (N-methyl/N-ethyl adjacent to an activating group) is 1. The summed E-state index contributed by atoms with van der Waals surface area (Å²) >= 11 is 0. The summed E-state index contributed by atoms with van der Waals surface area (Å²) in [6.07, 6.45) is 0.771. The van der Waals surface area contributed by atoms with Crippen molar-refractivity contribution < 1.29 is 99.1 Å². The summed E-state index contributed by atoms with van der Waals surface area (Å²) in [5.41, 5.74) is 1.90. The van der Waals surface area contributed by atoms with Crippen LogP contribution in [0.15, 0.2) is 24.3 Å². The topological polar surface area (TPSA) is 132 Å². The Morgan fingerprint density at radius 1 is 0.811 bits per heavy atom. The van der Waals surface area contributed by atoms with Gasteiger partial charge in [-0.15, -0.1) is 0 Å². The number of rotatable bonds is 16. The molecular weight excluding hydrogens is 763 g/mol. The zero-order chi connectivity index (χ0) is 26.2. The van der Waals surface area contributed by atoms with Crippen LogP contribution in [0.25, 0.3) is 0 Å². The molecule has 12 heteroatoms. The first kappa shape index (κ1) is 38.6. The van der Waals surface area contributed by atoms with Crippen LogP contribution in [0, 0.1) is 99.6 Å². The number of hydrogen-bond acceptors (Lipinski definition) is 6. The molecule has 0 saturated heterocycles. The van der Waals surface area contributed by atoms with Gasteiger partial charge in [-0.1, -0.05) is 38.1 Å². The van der Waals surface area contributed by atoms with Gasteiger partial charge >= 0.3 is 0 Å². The van der Waals surface area contributed by atoms with E-state index in [0.717, 1.165) is 17.5 Å². The third-order valence-corrected chi connectivity index (χ3v) is 5.22. The van der Waals surface area contributed by atoms with Crippen LogP contribution in [0.3, 0.4) is 0 Å². The SMILES string of the molecule is [CH2-]C(=O)NCCN(CCNC([CH2-])=O)CC(=O)NCc1ccc(CNC(=O)[C@H](CC(C)C)NC)cc1.[Gd].[Gd]. The van der Waals surface area contributed by atoms with E-state index >= 15 is 0 Å². The number of nitrogens with zero attached hydrogens (tertiary/aromatic N) is 1. The molecule has 0 radical (unpaired) electrons. The Morgan fingerprint density at radius 2 is 1.27 bits per heavy atom. The van der Waals surface area contributed by atoms with Gasteiger partial charge in [0, 0.05) is 119 Å². The van der Waals surface area contributed by atoms with Gasteiger partial charge in [-0.2, -0.15) is 0 Å². The van der Waals surface area contributed by atoms with E-state index in [4.69, 9.17) is 0 Å². The van der Waals surface area contributed by atoms with Crippen LogP contribution >= 0.6 is 0 Å². The zero-order valence-corrected chi connectivity index (χ0v) is 26.4. The van der Waals surface area contributed by atoms with Crippen molar-refractivity contribution in [2.24, 2.45) is 5.92 Å². The molecule has 1 rings (SSSR count). The number of amides is 4. The van der Waals surface area contributed by atoms with Crippen LogP contribution < -0.4 is 26.6 Å². The fraction of sp³-hybridized carbons (Fsp3) is 0.520. The monoisotopic (exact) mass is 804 g/mol. The summed E-state index contributed by atoms with van der Waals surface area (Å²) in [5.74, 6) is -0.552. The molecule has 212 valence electrons. The molecule has 0 heterocycles. The third-order valence-electron chi connectivity index (χ3n) is 5.22. The molecule has 37 heavy (non-hydrogen) atoms. The first-order valence-electron chi connectivity index (χ1n) is 11.8. The fourth-order valence-corrected chi connectivity index (χ4v) is 3.35. The predicted octanol–water partition coefficient (Wildman–Crippen LogP) is -0.244. The van der Waals surface area contributed by atoms with Gasteiger partial charge in [0.1, 0.15) is 0 Å². The molecule has 1 atom stereocenters. The van der Waals surface area contributed by atoms with Gasteiger partial charge in [0.05, 0.1) is 24.4 Å². The summed E-state index contributed by atoms with van der Waals surface area (Å²) < 4.78 is 0. The van der Waals surface area contributed by atoms with Crippen molar-refractivity contribution in [1.29, 1.82) is 0 Å². The van der Waals surface area contributed by atoms with Crippen LogP contribution in [-0.4, -0.2) is 74.3 Å². The van der Waals surface area contributed by atoms with Crippen molar-refractivity contribution in [3.8, 4) is 0 Å². The van der Waals surface area contributed by atoms with Crippen molar-refractivity contribution >= 4 is 23.6 Å². The molecule has 0 aliphatic rings. The summed E-state index contributed by atoms with van der Waals surface area (Å²) in [4.78, 5) is 48.6. The number of carbonyl (C=O) groups is 4. The maximum absolute atomic E-state index is 12.4. The third kappa shape index (κ3) is 19.2. The van der Waals surface area contributed by atoms with Gasteiger partial charge in [0.2, 0.25) is 11.8 Å². The van der Waals surface area contributed by atoms with Crippen LogP contribution in [-0.2, 0) is 32.3 Å². The smallest absolute Gasteiger partial charge is 0.237 e. The molecule has 0 saturated carbocycles. The maximum atomic E-state index is 12.4. The normalized spacial score (nSPS) is 11.1. The molecule has 1 aromatic rings.